The maximum atomic E-state index is 12.8. The van der Waals surface area contributed by atoms with Gasteiger partial charge in [-0.2, -0.15) is 5.10 Å². The second-order valence-electron chi connectivity index (χ2n) is 5.33. The average molecular weight is 454 g/mol. The standard InChI is InChI=1S/C17H11BrCl2N4O2/c1-9-5-11(19)6-10(8-25)15(9)22-17(26)13-7-14(18)23-24(13)16-12(20)3-2-4-21-16/h2-8H,1H3,(H,22,26). The highest BCUT2D eigenvalue weighted by Crippen LogP contribution is 2.26. The number of anilines is 1. The SMILES string of the molecule is Cc1cc(Cl)cc(C=O)c1NC(=O)c1cc(Br)nn1-c1ncccc1Cl. The van der Waals surface area contributed by atoms with Crippen LogP contribution in [0, 0.1) is 6.92 Å². The first-order valence-corrected chi connectivity index (χ1v) is 8.88. The Bertz CT molecular complexity index is 1020. The highest BCUT2D eigenvalue weighted by molar-refractivity contribution is 9.10. The maximum absolute atomic E-state index is 12.8. The minimum atomic E-state index is -0.474. The molecule has 26 heavy (non-hydrogen) atoms. The monoisotopic (exact) mass is 452 g/mol. The molecule has 0 atom stereocenters. The van der Waals surface area contributed by atoms with Crippen molar-refractivity contribution in [3.8, 4) is 5.82 Å². The third-order valence-electron chi connectivity index (χ3n) is 3.55. The Morgan fingerprint density at radius 2 is 2.08 bits per heavy atom. The number of carbonyl (C=O) groups excluding carboxylic acids is 2. The molecule has 0 aliphatic rings. The van der Waals surface area contributed by atoms with Crippen LogP contribution < -0.4 is 5.32 Å². The molecule has 1 N–H and O–H groups in total. The van der Waals surface area contributed by atoms with Gasteiger partial charge in [-0.05, 0) is 52.7 Å². The van der Waals surface area contributed by atoms with E-state index in [4.69, 9.17) is 23.2 Å². The second kappa shape index (κ2) is 7.57. The maximum Gasteiger partial charge on any atom is 0.274 e. The minimum Gasteiger partial charge on any atom is -0.320 e. The van der Waals surface area contributed by atoms with Crippen molar-refractivity contribution in [3.63, 3.8) is 0 Å². The molecule has 0 unspecified atom stereocenters. The quantitative estimate of drug-likeness (QED) is 0.580. The Labute approximate surface area is 167 Å². The van der Waals surface area contributed by atoms with Crippen molar-refractivity contribution in [2.24, 2.45) is 0 Å². The van der Waals surface area contributed by atoms with Crippen LogP contribution in [0.1, 0.15) is 26.4 Å². The summed E-state index contributed by atoms with van der Waals surface area (Å²) in [6, 6.07) is 8.01. The fourth-order valence-electron chi connectivity index (χ4n) is 2.42. The Balaban J connectivity index is 2.03. The van der Waals surface area contributed by atoms with E-state index < -0.39 is 5.91 Å². The zero-order chi connectivity index (χ0) is 18.8. The first-order valence-electron chi connectivity index (χ1n) is 7.34. The summed E-state index contributed by atoms with van der Waals surface area (Å²) >= 11 is 15.4. The van der Waals surface area contributed by atoms with Crippen molar-refractivity contribution in [3.05, 3.63) is 68.0 Å². The van der Waals surface area contributed by atoms with Crippen LogP contribution in [-0.2, 0) is 0 Å². The second-order valence-corrected chi connectivity index (χ2v) is 6.99. The molecule has 0 saturated heterocycles. The van der Waals surface area contributed by atoms with E-state index in [0.717, 1.165) is 0 Å². The van der Waals surface area contributed by atoms with Crippen LogP contribution in [0.15, 0.2) is 41.1 Å². The number of nitrogens with one attached hydrogen (secondary N) is 1. The highest BCUT2D eigenvalue weighted by atomic mass is 79.9. The summed E-state index contributed by atoms with van der Waals surface area (Å²) in [7, 11) is 0. The molecule has 0 saturated carbocycles. The molecule has 132 valence electrons. The highest BCUT2D eigenvalue weighted by Gasteiger charge is 2.20. The third kappa shape index (κ3) is 3.65. The first-order chi connectivity index (χ1) is 12.4. The van der Waals surface area contributed by atoms with E-state index in [0.29, 0.717) is 38.0 Å². The van der Waals surface area contributed by atoms with Crippen LogP contribution in [0.2, 0.25) is 10.0 Å². The van der Waals surface area contributed by atoms with E-state index in [1.54, 1.807) is 31.3 Å². The predicted octanol–water partition coefficient (Wildman–Crippen LogP) is 4.71. The molecule has 1 aromatic carbocycles. The molecule has 0 spiro atoms. The number of hydrogen-bond acceptors (Lipinski definition) is 4. The summed E-state index contributed by atoms with van der Waals surface area (Å²) in [5.41, 5.74) is 1.52. The number of aromatic nitrogens is 3. The summed E-state index contributed by atoms with van der Waals surface area (Å²) in [4.78, 5) is 28.3. The number of halogens is 3. The van der Waals surface area contributed by atoms with Gasteiger partial charge in [0.25, 0.3) is 5.91 Å². The van der Waals surface area contributed by atoms with Gasteiger partial charge < -0.3 is 5.32 Å². The van der Waals surface area contributed by atoms with Crippen molar-refractivity contribution in [2.75, 3.05) is 5.32 Å². The average Bonchev–Trinajstić information content (AvgIpc) is 2.99. The van der Waals surface area contributed by atoms with Gasteiger partial charge in [-0.25, -0.2) is 9.67 Å². The van der Waals surface area contributed by atoms with Crippen LogP contribution in [0.5, 0.6) is 0 Å². The fourth-order valence-corrected chi connectivity index (χ4v) is 3.28. The lowest BCUT2D eigenvalue weighted by Gasteiger charge is -2.12. The largest absolute Gasteiger partial charge is 0.320 e. The Morgan fingerprint density at radius 1 is 1.31 bits per heavy atom. The van der Waals surface area contributed by atoms with Gasteiger partial charge in [0.05, 0.1) is 10.7 Å². The van der Waals surface area contributed by atoms with Crippen molar-refractivity contribution in [2.45, 2.75) is 6.92 Å². The van der Waals surface area contributed by atoms with Crippen LogP contribution in [0.4, 0.5) is 5.69 Å². The molecule has 0 aliphatic heterocycles. The fraction of sp³-hybridized carbons (Fsp3) is 0.0588. The molecule has 0 aliphatic carbocycles. The third-order valence-corrected chi connectivity index (χ3v) is 4.45. The van der Waals surface area contributed by atoms with Crippen molar-refractivity contribution >= 4 is 57.0 Å². The van der Waals surface area contributed by atoms with Crippen LogP contribution in [0.25, 0.3) is 5.82 Å². The Morgan fingerprint density at radius 3 is 2.77 bits per heavy atom. The van der Waals surface area contributed by atoms with Gasteiger partial charge in [-0.3, -0.25) is 9.59 Å². The topological polar surface area (TPSA) is 76.9 Å². The molecule has 1 amide bonds. The number of amides is 1. The number of aldehydes is 1. The number of rotatable bonds is 4. The lowest BCUT2D eigenvalue weighted by Crippen LogP contribution is -2.19. The van der Waals surface area contributed by atoms with Crippen LogP contribution in [-0.4, -0.2) is 27.0 Å². The van der Waals surface area contributed by atoms with Gasteiger partial charge in [0, 0.05) is 22.8 Å². The normalized spacial score (nSPS) is 10.6. The van der Waals surface area contributed by atoms with Crippen molar-refractivity contribution < 1.29 is 9.59 Å². The molecular formula is C17H11BrCl2N4O2. The zero-order valence-corrected chi connectivity index (χ0v) is 16.4. The van der Waals surface area contributed by atoms with Crippen molar-refractivity contribution in [1.29, 1.82) is 0 Å². The molecule has 9 heteroatoms. The van der Waals surface area contributed by atoms with E-state index in [-0.39, 0.29) is 11.3 Å². The zero-order valence-electron chi connectivity index (χ0n) is 13.3. The summed E-state index contributed by atoms with van der Waals surface area (Å²) in [5, 5.41) is 7.71. The molecule has 3 rings (SSSR count). The number of benzene rings is 1. The van der Waals surface area contributed by atoms with E-state index in [2.05, 4.69) is 31.3 Å². The molecule has 3 aromatic rings. The summed E-state index contributed by atoms with van der Waals surface area (Å²) in [6.07, 6.45) is 2.18. The number of carbonyl (C=O) groups is 2. The molecule has 2 aromatic heterocycles. The summed E-state index contributed by atoms with van der Waals surface area (Å²) < 4.78 is 1.76. The number of pyridine rings is 1. The molecule has 2 heterocycles. The van der Waals surface area contributed by atoms with Crippen LogP contribution >= 0.6 is 39.1 Å². The van der Waals surface area contributed by atoms with E-state index in [9.17, 15) is 9.59 Å². The lowest BCUT2D eigenvalue weighted by molar-refractivity contribution is 0.101. The smallest absolute Gasteiger partial charge is 0.274 e. The number of nitrogens with zero attached hydrogens (tertiary/aromatic N) is 3. The van der Waals surface area contributed by atoms with Gasteiger partial charge in [-0.15, -0.1) is 0 Å². The van der Waals surface area contributed by atoms with Gasteiger partial charge >= 0.3 is 0 Å². The Hall–Kier alpha value is -2.22. The predicted molar refractivity (Wildman–Crippen MR) is 104 cm³/mol. The van der Waals surface area contributed by atoms with Crippen molar-refractivity contribution in [1.82, 2.24) is 14.8 Å². The Kier molecular flexibility index (Phi) is 5.41. The van der Waals surface area contributed by atoms with Gasteiger partial charge in [0.1, 0.15) is 10.3 Å². The lowest BCUT2D eigenvalue weighted by atomic mass is 10.1. The summed E-state index contributed by atoms with van der Waals surface area (Å²) in [5.74, 6) is -0.160. The van der Waals surface area contributed by atoms with E-state index in [1.807, 2.05) is 0 Å². The molecule has 6 nitrogen and oxygen atoms in total. The minimum absolute atomic E-state index is 0.198. The molecule has 0 radical (unpaired) electrons. The van der Waals surface area contributed by atoms with Gasteiger partial charge in [-0.1, -0.05) is 23.2 Å². The van der Waals surface area contributed by atoms with E-state index >= 15 is 0 Å². The number of hydrogen-bond donors (Lipinski definition) is 1. The molecular weight excluding hydrogens is 443 g/mol. The van der Waals surface area contributed by atoms with Gasteiger partial charge in [0.2, 0.25) is 0 Å². The molecule has 0 fully saturated rings. The number of aryl methyl sites for hydroxylation is 1. The van der Waals surface area contributed by atoms with E-state index in [1.165, 1.54) is 16.8 Å². The van der Waals surface area contributed by atoms with Crippen LogP contribution in [0.3, 0.4) is 0 Å². The first kappa shape index (κ1) is 18.6. The van der Waals surface area contributed by atoms with Gasteiger partial charge in [0.15, 0.2) is 12.1 Å². The summed E-state index contributed by atoms with van der Waals surface area (Å²) in [6.45, 7) is 1.75. The molecule has 0 bridgehead atoms.